The van der Waals surface area contributed by atoms with E-state index in [9.17, 15) is 9.59 Å². The lowest BCUT2D eigenvalue weighted by Crippen LogP contribution is -2.32. The quantitative estimate of drug-likeness (QED) is 0.831. The molecule has 24 heavy (non-hydrogen) atoms. The van der Waals surface area contributed by atoms with Gasteiger partial charge in [-0.15, -0.1) is 0 Å². The summed E-state index contributed by atoms with van der Waals surface area (Å²) in [6.07, 6.45) is 1.12. The molecule has 1 aromatic rings. The van der Waals surface area contributed by atoms with Crippen LogP contribution in [0.15, 0.2) is 23.2 Å². The average Bonchev–Trinajstić information content (AvgIpc) is 2.82. The normalized spacial score (nSPS) is 19.0. The van der Waals surface area contributed by atoms with Crippen molar-refractivity contribution in [3.05, 3.63) is 29.3 Å². The first-order valence-corrected chi connectivity index (χ1v) is 9.13. The van der Waals surface area contributed by atoms with Crippen molar-refractivity contribution in [1.82, 2.24) is 10.6 Å². The van der Waals surface area contributed by atoms with Crippen molar-refractivity contribution < 1.29 is 9.59 Å². The molecule has 1 atom stereocenters. The van der Waals surface area contributed by atoms with Gasteiger partial charge in [-0.2, -0.15) is 0 Å². The molecule has 0 saturated carbocycles. The first-order valence-electron chi connectivity index (χ1n) is 8.25. The maximum Gasteiger partial charge on any atom is 0.240 e. The Kier molecular flexibility index (Phi) is 6.43. The zero-order chi connectivity index (χ0) is 17.7. The van der Waals surface area contributed by atoms with Crippen molar-refractivity contribution >= 4 is 34.4 Å². The van der Waals surface area contributed by atoms with Crippen LogP contribution in [0.3, 0.4) is 0 Å². The van der Waals surface area contributed by atoms with Crippen molar-refractivity contribution in [2.45, 2.75) is 45.8 Å². The smallest absolute Gasteiger partial charge is 0.240 e. The fourth-order valence-electron chi connectivity index (χ4n) is 2.28. The number of nitrogens with one attached hydrogen (secondary N) is 2. The lowest BCUT2D eigenvalue weighted by Gasteiger charge is -2.08. The van der Waals surface area contributed by atoms with Crippen LogP contribution in [0.2, 0.25) is 0 Å². The van der Waals surface area contributed by atoms with Crippen molar-refractivity contribution in [3.63, 3.8) is 0 Å². The predicted octanol–water partition coefficient (Wildman–Crippen LogP) is 3.07. The Morgan fingerprint density at radius 2 is 2.12 bits per heavy atom. The highest BCUT2D eigenvalue weighted by molar-refractivity contribution is 8.15. The fourth-order valence-corrected chi connectivity index (χ4v) is 3.26. The maximum atomic E-state index is 12.1. The molecule has 5 nitrogen and oxygen atoms in total. The molecule has 1 heterocycles. The van der Waals surface area contributed by atoms with Gasteiger partial charge in [-0.1, -0.05) is 37.7 Å². The van der Waals surface area contributed by atoms with E-state index < -0.39 is 5.25 Å². The highest BCUT2D eigenvalue weighted by Gasteiger charge is 2.32. The number of thioether (sulfide) groups is 1. The van der Waals surface area contributed by atoms with Crippen LogP contribution in [0, 0.1) is 19.8 Å². The Labute approximate surface area is 147 Å². The molecule has 0 unspecified atom stereocenters. The summed E-state index contributed by atoms with van der Waals surface area (Å²) in [5, 5.41) is 5.80. The SMILES string of the molecule is Cc1ccc(C)c(N=C2NC(=O)[C@H](CC(=O)NCCC(C)C)S2)c1. The van der Waals surface area contributed by atoms with Crippen LogP contribution in [-0.4, -0.2) is 28.8 Å². The minimum absolute atomic E-state index is 0.0868. The third-order valence-electron chi connectivity index (χ3n) is 3.78. The molecule has 0 aliphatic carbocycles. The number of carbonyl (C=O) groups excluding carboxylic acids is 2. The molecule has 6 heteroatoms. The summed E-state index contributed by atoms with van der Waals surface area (Å²) in [7, 11) is 0. The molecular formula is C18H25N3O2S. The van der Waals surface area contributed by atoms with E-state index in [1.807, 2.05) is 32.0 Å². The van der Waals surface area contributed by atoms with Crippen LogP contribution in [-0.2, 0) is 9.59 Å². The molecule has 0 bridgehead atoms. The highest BCUT2D eigenvalue weighted by atomic mass is 32.2. The van der Waals surface area contributed by atoms with Crippen molar-refractivity contribution in [1.29, 1.82) is 0 Å². The summed E-state index contributed by atoms with van der Waals surface area (Å²) >= 11 is 1.32. The van der Waals surface area contributed by atoms with Gasteiger partial charge < -0.3 is 10.6 Å². The number of amidine groups is 1. The third-order valence-corrected chi connectivity index (χ3v) is 4.86. The molecule has 2 amide bonds. The number of aryl methyl sites for hydroxylation is 2. The second kappa shape index (κ2) is 8.33. The number of rotatable bonds is 6. The molecule has 1 fully saturated rings. The first-order chi connectivity index (χ1) is 11.3. The minimum atomic E-state index is -0.409. The monoisotopic (exact) mass is 347 g/mol. The molecule has 2 rings (SSSR count). The van der Waals surface area contributed by atoms with E-state index in [1.54, 1.807) is 0 Å². The van der Waals surface area contributed by atoms with E-state index in [0.717, 1.165) is 23.2 Å². The standard InChI is InChI=1S/C18H25N3O2S/c1-11(2)7-8-19-16(22)10-15-17(23)21-18(24-15)20-14-9-12(3)5-6-13(14)4/h5-6,9,11,15H,7-8,10H2,1-4H3,(H,19,22)(H,20,21,23)/t15-/m0/s1. The number of benzene rings is 1. The van der Waals surface area contributed by atoms with Gasteiger partial charge >= 0.3 is 0 Å². The molecule has 130 valence electrons. The zero-order valence-electron chi connectivity index (χ0n) is 14.7. The summed E-state index contributed by atoms with van der Waals surface area (Å²) in [5.41, 5.74) is 3.02. The van der Waals surface area contributed by atoms with Gasteiger partial charge in [0.25, 0.3) is 0 Å². The van der Waals surface area contributed by atoms with Crippen LogP contribution in [0.1, 0.15) is 37.8 Å². The van der Waals surface area contributed by atoms with E-state index in [-0.39, 0.29) is 18.2 Å². The van der Waals surface area contributed by atoms with Gasteiger partial charge in [0.2, 0.25) is 11.8 Å². The molecule has 1 aliphatic heterocycles. The molecule has 2 N–H and O–H groups in total. The minimum Gasteiger partial charge on any atom is -0.356 e. The van der Waals surface area contributed by atoms with Gasteiger partial charge in [0, 0.05) is 13.0 Å². The molecule has 1 aromatic carbocycles. The van der Waals surface area contributed by atoms with Gasteiger partial charge in [-0.05, 0) is 43.4 Å². The Morgan fingerprint density at radius 1 is 1.38 bits per heavy atom. The van der Waals surface area contributed by atoms with Gasteiger partial charge in [-0.3, -0.25) is 9.59 Å². The fraction of sp³-hybridized carbons (Fsp3) is 0.500. The topological polar surface area (TPSA) is 70.6 Å². The largest absolute Gasteiger partial charge is 0.356 e. The van der Waals surface area contributed by atoms with Gasteiger partial charge in [-0.25, -0.2) is 4.99 Å². The van der Waals surface area contributed by atoms with E-state index in [4.69, 9.17) is 0 Å². The van der Waals surface area contributed by atoms with Crippen LogP contribution < -0.4 is 10.6 Å². The average molecular weight is 347 g/mol. The number of hydrogen-bond acceptors (Lipinski definition) is 4. The van der Waals surface area contributed by atoms with Crippen LogP contribution in [0.25, 0.3) is 0 Å². The van der Waals surface area contributed by atoms with Crippen LogP contribution in [0.5, 0.6) is 0 Å². The Hall–Kier alpha value is -1.82. The lowest BCUT2D eigenvalue weighted by atomic mass is 10.1. The lowest BCUT2D eigenvalue weighted by molar-refractivity contribution is -0.125. The van der Waals surface area contributed by atoms with Crippen molar-refractivity contribution in [2.24, 2.45) is 10.9 Å². The van der Waals surface area contributed by atoms with Crippen LogP contribution in [0.4, 0.5) is 5.69 Å². The zero-order valence-corrected chi connectivity index (χ0v) is 15.5. The second-order valence-electron chi connectivity index (χ2n) is 6.54. The third kappa shape index (κ3) is 5.37. The summed E-state index contributed by atoms with van der Waals surface area (Å²) in [5.74, 6) is 0.310. The van der Waals surface area contributed by atoms with Gasteiger partial charge in [0.15, 0.2) is 5.17 Å². The Morgan fingerprint density at radius 3 is 2.83 bits per heavy atom. The number of aliphatic imine (C=N–C) groups is 1. The second-order valence-corrected chi connectivity index (χ2v) is 7.73. The number of hydrogen-bond donors (Lipinski definition) is 2. The van der Waals surface area contributed by atoms with E-state index in [1.165, 1.54) is 11.8 Å². The molecule has 0 spiro atoms. The Bertz CT molecular complexity index is 656. The van der Waals surface area contributed by atoms with Gasteiger partial charge in [0.05, 0.1) is 5.69 Å². The Balaban J connectivity index is 1.94. The number of carbonyl (C=O) groups is 2. The summed E-state index contributed by atoms with van der Waals surface area (Å²) in [6.45, 7) is 8.87. The van der Waals surface area contributed by atoms with E-state index >= 15 is 0 Å². The van der Waals surface area contributed by atoms with Crippen LogP contribution >= 0.6 is 11.8 Å². The number of nitrogens with zero attached hydrogens (tertiary/aromatic N) is 1. The van der Waals surface area contributed by atoms with Crippen molar-refractivity contribution in [2.75, 3.05) is 6.54 Å². The summed E-state index contributed by atoms with van der Waals surface area (Å²) in [4.78, 5) is 28.5. The first kappa shape index (κ1) is 18.5. The molecule has 1 saturated heterocycles. The van der Waals surface area contributed by atoms with Crippen molar-refractivity contribution in [3.8, 4) is 0 Å². The number of amides is 2. The van der Waals surface area contributed by atoms with E-state index in [0.29, 0.717) is 17.6 Å². The summed E-state index contributed by atoms with van der Waals surface area (Å²) < 4.78 is 0. The highest BCUT2D eigenvalue weighted by Crippen LogP contribution is 2.27. The molecule has 0 aromatic heterocycles. The molecule has 0 radical (unpaired) electrons. The maximum absolute atomic E-state index is 12.1. The van der Waals surface area contributed by atoms with Gasteiger partial charge in [0.1, 0.15) is 5.25 Å². The summed E-state index contributed by atoms with van der Waals surface area (Å²) in [6, 6.07) is 6.03. The molecular weight excluding hydrogens is 322 g/mol. The van der Waals surface area contributed by atoms with E-state index in [2.05, 4.69) is 29.5 Å². The molecule has 1 aliphatic rings. The predicted molar refractivity (Wildman–Crippen MR) is 99.6 cm³/mol.